The summed E-state index contributed by atoms with van der Waals surface area (Å²) < 4.78 is 18.5. The molecule has 1 aromatic carbocycles. The van der Waals surface area contributed by atoms with Crippen LogP contribution in [0.3, 0.4) is 0 Å². The van der Waals surface area contributed by atoms with Gasteiger partial charge < -0.3 is 14.7 Å². The van der Waals surface area contributed by atoms with Crippen LogP contribution in [0.1, 0.15) is 46.0 Å². The predicted molar refractivity (Wildman–Crippen MR) is 91.3 cm³/mol. The van der Waals surface area contributed by atoms with E-state index in [0.29, 0.717) is 31.7 Å². The minimum atomic E-state index is -0.947. The Hall–Kier alpha value is -1.62. The monoisotopic (exact) mass is 337 g/mol. The molecule has 1 aromatic rings. The smallest absolute Gasteiger partial charge is 0.225 e. The van der Waals surface area contributed by atoms with E-state index < -0.39 is 5.60 Å². The summed E-state index contributed by atoms with van der Waals surface area (Å²) in [4.78, 5) is 14.4. The van der Waals surface area contributed by atoms with Gasteiger partial charge in [-0.15, -0.1) is 0 Å². The summed E-state index contributed by atoms with van der Waals surface area (Å²) in [6, 6.07) is 5.78. The Morgan fingerprint density at radius 3 is 2.54 bits per heavy atom. The van der Waals surface area contributed by atoms with Gasteiger partial charge in [0.05, 0.1) is 0 Å². The summed E-state index contributed by atoms with van der Waals surface area (Å²) in [6.07, 6.45) is 3.56. The zero-order valence-corrected chi connectivity index (χ0v) is 14.6. The highest BCUT2D eigenvalue weighted by atomic mass is 19.1. The van der Waals surface area contributed by atoms with Gasteiger partial charge in [-0.3, -0.25) is 4.79 Å². The van der Waals surface area contributed by atoms with E-state index in [1.54, 1.807) is 12.1 Å². The lowest BCUT2D eigenvalue weighted by atomic mass is 9.96. The topological polar surface area (TPSA) is 49.8 Å². The molecule has 0 radical (unpaired) electrons. The standard InChI is InChI=1S/C19H28FNO3/c1-3-15(4-2)18(22)21-12-5-10-19(23,11-13-21)14-24-17-8-6-16(20)7-9-17/h6-9,15,23H,3-5,10-14H2,1-2H3. The predicted octanol–water partition coefficient (Wildman–Crippen LogP) is 3.38. The second kappa shape index (κ2) is 8.47. The zero-order chi connectivity index (χ0) is 17.6. The Balaban J connectivity index is 1.90. The van der Waals surface area contributed by atoms with Gasteiger partial charge in [-0.2, -0.15) is 0 Å². The number of ether oxygens (including phenoxy) is 1. The van der Waals surface area contributed by atoms with Crippen LogP contribution in [0.25, 0.3) is 0 Å². The van der Waals surface area contributed by atoms with Crippen LogP contribution < -0.4 is 4.74 Å². The van der Waals surface area contributed by atoms with E-state index in [2.05, 4.69) is 0 Å². The highest BCUT2D eigenvalue weighted by Crippen LogP contribution is 2.25. The summed E-state index contributed by atoms with van der Waals surface area (Å²) >= 11 is 0. The molecule has 1 aliphatic rings. The Morgan fingerprint density at radius 2 is 1.92 bits per heavy atom. The average Bonchev–Trinajstić information content (AvgIpc) is 2.78. The van der Waals surface area contributed by atoms with Crippen molar-refractivity contribution in [3.05, 3.63) is 30.1 Å². The van der Waals surface area contributed by atoms with Gasteiger partial charge in [-0.1, -0.05) is 13.8 Å². The second-order valence-electron chi connectivity index (χ2n) is 6.66. The number of amides is 1. The van der Waals surface area contributed by atoms with E-state index in [-0.39, 0.29) is 24.2 Å². The first kappa shape index (κ1) is 18.7. The SMILES string of the molecule is CCC(CC)C(=O)N1CCCC(O)(COc2ccc(F)cc2)CC1. The lowest BCUT2D eigenvalue weighted by Crippen LogP contribution is -2.40. The number of likely N-dealkylation sites (tertiary alicyclic amines) is 1. The van der Waals surface area contributed by atoms with E-state index >= 15 is 0 Å². The molecule has 2 rings (SSSR count). The molecular formula is C19H28FNO3. The van der Waals surface area contributed by atoms with Gasteiger partial charge in [-0.25, -0.2) is 4.39 Å². The van der Waals surface area contributed by atoms with Gasteiger partial charge in [-0.05, 0) is 56.4 Å². The van der Waals surface area contributed by atoms with Crippen LogP contribution in [0.2, 0.25) is 0 Å². The van der Waals surface area contributed by atoms with Crippen molar-refractivity contribution in [3.8, 4) is 5.75 Å². The van der Waals surface area contributed by atoms with Crippen molar-refractivity contribution < 1.29 is 19.0 Å². The zero-order valence-electron chi connectivity index (χ0n) is 14.6. The normalized spacial score (nSPS) is 21.6. The Bertz CT molecular complexity index is 530. The van der Waals surface area contributed by atoms with Crippen LogP contribution in [-0.2, 0) is 4.79 Å². The van der Waals surface area contributed by atoms with Crippen LogP contribution in [0.4, 0.5) is 4.39 Å². The molecule has 4 nitrogen and oxygen atoms in total. The van der Waals surface area contributed by atoms with Crippen LogP contribution in [0.5, 0.6) is 5.75 Å². The van der Waals surface area contributed by atoms with Crippen molar-refractivity contribution in [1.82, 2.24) is 4.90 Å². The lowest BCUT2D eigenvalue weighted by molar-refractivity contribution is -0.135. The van der Waals surface area contributed by atoms with Gasteiger partial charge >= 0.3 is 0 Å². The number of benzene rings is 1. The molecular weight excluding hydrogens is 309 g/mol. The molecule has 24 heavy (non-hydrogen) atoms. The number of carbonyl (C=O) groups excluding carboxylic acids is 1. The van der Waals surface area contributed by atoms with Crippen molar-refractivity contribution in [1.29, 1.82) is 0 Å². The molecule has 0 bridgehead atoms. The average molecular weight is 337 g/mol. The van der Waals surface area contributed by atoms with Crippen molar-refractivity contribution in [2.75, 3.05) is 19.7 Å². The maximum atomic E-state index is 12.9. The number of hydrogen-bond donors (Lipinski definition) is 1. The number of carbonyl (C=O) groups is 1. The molecule has 1 fully saturated rings. The fraction of sp³-hybridized carbons (Fsp3) is 0.632. The maximum absolute atomic E-state index is 12.9. The van der Waals surface area contributed by atoms with E-state index in [1.807, 2.05) is 18.7 Å². The van der Waals surface area contributed by atoms with Crippen LogP contribution >= 0.6 is 0 Å². The largest absolute Gasteiger partial charge is 0.491 e. The Labute approximate surface area is 143 Å². The Morgan fingerprint density at radius 1 is 1.25 bits per heavy atom. The van der Waals surface area contributed by atoms with Crippen LogP contribution in [0, 0.1) is 11.7 Å². The number of aliphatic hydroxyl groups is 1. The molecule has 0 spiro atoms. The molecule has 5 heteroatoms. The van der Waals surface area contributed by atoms with Gasteiger partial charge in [0.25, 0.3) is 0 Å². The molecule has 1 atom stereocenters. The summed E-state index contributed by atoms with van der Waals surface area (Å²) in [5.41, 5.74) is -0.947. The van der Waals surface area contributed by atoms with E-state index in [9.17, 15) is 14.3 Å². The van der Waals surface area contributed by atoms with Crippen LogP contribution in [-0.4, -0.2) is 41.2 Å². The van der Waals surface area contributed by atoms with Gasteiger partial charge in [0.15, 0.2) is 0 Å². The fourth-order valence-corrected chi connectivity index (χ4v) is 3.19. The minimum Gasteiger partial charge on any atom is -0.491 e. The van der Waals surface area contributed by atoms with Crippen molar-refractivity contribution in [2.24, 2.45) is 5.92 Å². The third-order valence-electron chi connectivity index (χ3n) is 4.88. The molecule has 1 heterocycles. The molecule has 0 aliphatic carbocycles. The Kier molecular flexibility index (Phi) is 6.60. The molecule has 1 amide bonds. The molecule has 1 unspecified atom stereocenters. The number of halogens is 1. The lowest BCUT2D eigenvalue weighted by Gasteiger charge is -2.28. The first-order chi connectivity index (χ1) is 11.5. The first-order valence-electron chi connectivity index (χ1n) is 8.87. The van der Waals surface area contributed by atoms with E-state index in [0.717, 1.165) is 19.3 Å². The summed E-state index contributed by atoms with van der Waals surface area (Å²) in [6.45, 7) is 5.48. The summed E-state index contributed by atoms with van der Waals surface area (Å²) in [7, 11) is 0. The van der Waals surface area contributed by atoms with E-state index in [4.69, 9.17) is 4.74 Å². The molecule has 1 N–H and O–H groups in total. The number of nitrogens with zero attached hydrogens (tertiary/aromatic N) is 1. The molecule has 1 saturated heterocycles. The number of hydrogen-bond acceptors (Lipinski definition) is 3. The van der Waals surface area contributed by atoms with Gasteiger partial charge in [0.1, 0.15) is 23.8 Å². The summed E-state index contributed by atoms with van der Waals surface area (Å²) in [5.74, 6) is 0.500. The van der Waals surface area contributed by atoms with Crippen molar-refractivity contribution >= 4 is 5.91 Å². The van der Waals surface area contributed by atoms with Crippen LogP contribution in [0.15, 0.2) is 24.3 Å². The van der Waals surface area contributed by atoms with Gasteiger partial charge in [0, 0.05) is 19.0 Å². The summed E-state index contributed by atoms with van der Waals surface area (Å²) in [5, 5.41) is 10.8. The number of rotatable bonds is 6. The van der Waals surface area contributed by atoms with Crippen molar-refractivity contribution in [2.45, 2.75) is 51.6 Å². The minimum absolute atomic E-state index is 0.0756. The molecule has 134 valence electrons. The highest BCUT2D eigenvalue weighted by Gasteiger charge is 2.33. The highest BCUT2D eigenvalue weighted by molar-refractivity contribution is 5.78. The van der Waals surface area contributed by atoms with E-state index in [1.165, 1.54) is 12.1 Å². The van der Waals surface area contributed by atoms with Crippen molar-refractivity contribution in [3.63, 3.8) is 0 Å². The quantitative estimate of drug-likeness (QED) is 0.866. The van der Waals surface area contributed by atoms with Gasteiger partial charge in [0.2, 0.25) is 5.91 Å². The third kappa shape index (κ3) is 4.94. The molecule has 0 saturated carbocycles. The first-order valence-corrected chi connectivity index (χ1v) is 8.87. The molecule has 0 aromatic heterocycles. The fourth-order valence-electron chi connectivity index (χ4n) is 3.19. The third-order valence-corrected chi connectivity index (χ3v) is 4.88. The maximum Gasteiger partial charge on any atom is 0.225 e. The second-order valence-corrected chi connectivity index (χ2v) is 6.66. The molecule has 1 aliphatic heterocycles.